The SMILES string of the molecule is Cc1ccc(OCc2ccc(C(=O)NCCNS(=O)(=O)c3cccc(Cl)c3)o2)c(C)c1. The summed E-state index contributed by atoms with van der Waals surface area (Å²) in [4.78, 5) is 12.3. The normalized spacial score (nSPS) is 11.3. The van der Waals surface area contributed by atoms with Crippen LogP contribution < -0.4 is 14.8 Å². The van der Waals surface area contributed by atoms with Gasteiger partial charge in [0.15, 0.2) is 5.76 Å². The number of hydrogen-bond acceptors (Lipinski definition) is 5. The average molecular weight is 463 g/mol. The monoisotopic (exact) mass is 462 g/mol. The van der Waals surface area contributed by atoms with E-state index in [0.29, 0.717) is 10.8 Å². The van der Waals surface area contributed by atoms with Crippen molar-refractivity contribution < 1.29 is 22.4 Å². The molecule has 0 aliphatic rings. The number of benzene rings is 2. The second kappa shape index (κ2) is 10.00. The van der Waals surface area contributed by atoms with Crippen LogP contribution in [0.15, 0.2) is 63.9 Å². The van der Waals surface area contributed by atoms with E-state index in [1.807, 2.05) is 32.0 Å². The number of aryl methyl sites for hydroxylation is 2. The van der Waals surface area contributed by atoms with Crippen molar-refractivity contribution >= 4 is 27.5 Å². The molecule has 0 saturated carbocycles. The molecule has 0 aliphatic carbocycles. The Kier molecular flexibility index (Phi) is 7.37. The van der Waals surface area contributed by atoms with Crippen LogP contribution in [0.1, 0.15) is 27.4 Å². The molecule has 7 nitrogen and oxygen atoms in total. The summed E-state index contributed by atoms with van der Waals surface area (Å²) in [6, 6.07) is 15.0. The lowest BCUT2D eigenvalue weighted by molar-refractivity contribution is 0.0922. The van der Waals surface area contributed by atoms with Crippen LogP contribution in [0.2, 0.25) is 5.02 Å². The summed E-state index contributed by atoms with van der Waals surface area (Å²) >= 11 is 5.83. The van der Waals surface area contributed by atoms with E-state index >= 15 is 0 Å². The van der Waals surface area contributed by atoms with Crippen molar-refractivity contribution in [1.82, 2.24) is 10.0 Å². The first kappa shape index (κ1) is 22.9. The van der Waals surface area contributed by atoms with Crippen molar-refractivity contribution in [2.75, 3.05) is 13.1 Å². The molecule has 9 heteroatoms. The van der Waals surface area contributed by atoms with Crippen molar-refractivity contribution in [3.8, 4) is 5.75 Å². The summed E-state index contributed by atoms with van der Waals surface area (Å²) in [6.07, 6.45) is 0. The molecule has 3 rings (SSSR count). The van der Waals surface area contributed by atoms with E-state index in [0.717, 1.165) is 16.9 Å². The number of carbonyl (C=O) groups excluding carboxylic acids is 1. The van der Waals surface area contributed by atoms with E-state index < -0.39 is 15.9 Å². The Morgan fingerprint density at radius 2 is 1.87 bits per heavy atom. The molecule has 0 aliphatic heterocycles. The summed E-state index contributed by atoms with van der Waals surface area (Å²) in [5.74, 6) is 0.934. The molecule has 3 aromatic rings. The molecule has 0 unspecified atom stereocenters. The predicted octanol–water partition coefficient (Wildman–Crippen LogP) is 3.84. The van der Waals surface area contributed by atoms with Gasteiger partial charge in [-0.1, -0.05) is 35.4 Å². The molecular weight excluding hydrogens is 440 g/mol. The molecule has 2 aromatic carbocycles. The minimum Gasteiger partial charge on any atom is -0.485 e. The Balaban J connectivity index is 1.46. The third kappa shape index (κ3) is 6.33. The first-order valence-corrected chi connectivity index (χ1v) is 11.4. The molecule has 0 fully saturated rings. The largest absolute Gasteiger partial charge is 0.485 e. The van der Waals surface area contributed by atoms with Crippen LogP contribution in [0.5, 0.6) is 5.75 Å². The van der Waals surface area contributed by atoms with E-state index in [1.54, 1.807) is 24.3 Å². The van der Waals surface area contributed by atoms with Crippen LogP contribution in [-0.4, -0.2) is 27.4 Å². The summed E-state index contributed by atoms with van der Waals surface area (Å²) in [5, 5.41) is 2.94. The Morgan fingerprint density at radius 3 is 2.61 bits per heavy atom. The van der Waals surface area contributed by atoms with Crippen molar-refractivity contribution in [2.24, 2.45) is 0 Å². The van der Waals surface area contributed by atoms with Crippen LogP contribution in [0, 0.1) is 13.8 Å². The smallest absolute Gasteiger partial charge is 0.287 e. The molecule has 164 valence electrons. The van der Waals surface area contributed by atoms with Crippen molar-refractivity contribution in [1.29, 1.82) is 0 Å². The number of hydrogen-bond donors (Lipinski definition) is 2. The van der Waals surface area contributed by atoms with Gasteiger partial charge in [0.2, 0.25) is 10.0 Å². The van der Waals surface area contributed by atoms with Crippen LogP contribution in [0.4, 0.5) is 0 Å². The minimum absolute atomic E-state index is 0.0178. The maximum Gasteiger partial charge on any atom is 0.287 e. The molecule has 1 aromatic heterocycles. The van der Waals surface area contributed by atoms with E-state index in [-0.39, 0.29) is 30.4 Å². The van der Waals surface area contributed by atoms with Crippen molar-refractivity contribution in [2.45, 2.75) is 25.3 Å². The van der Waals surface area contributed by atoms with Crippen molar-refractivity contribution in [3.63, 3.8) is 0 Å². The fraction of sp³-hybridized carbons (Fsp3) is 0.227. The van der Waals surface area contributed by atoms with E-state index in [2.05, 4.69) is 10.0 Å². The standard InChI is InChI=1S/C22H23ClN2O5S/c1-15-6-8-20(16(2)12-15)29-14-18-7-9-21(30-18)22(26)24-10-11-25-31(27,28)19-5-3-4-17(23)13-19/h3-9,12-13,25H,10-11,14H2,1-2H3,(H,24,26). The van der Waals surface area contributed by atoms with Gasteiger partial charge in [-0.2, -0.15) is 0 Å². The number of rotatable bonds is 9. The molecule has 0 radical (unpaired) electrons. The predicted molar refractivity (Wildman–Crippen MR) is 118 cm³/mol. The second-order valence-corrected chi connectivity index (χ2v) is 9.14. The van der Waals surface area contributed by atoms with Gasteiger partial charge in [-0.05, 0) is 55.8 Å². The first-order chi connectivity index (χ1) is 14.7. The number of sulfonamides is 1. The summed E-state index contributed by atoms with van der Waals surface area (Å²) in [5.41, 5.74) is 2.17. The highest BCUT2D eigenvalue weighted by Crippen LogP contribution is 2.20. The van der Waals surface area contributed by atoms with Crippen LogP contribution in [0.25, 0.3) is 0 Å². The van der Waals surface area contributed by atoms with Gasteiger partial charge >= 0.3 is 0 Å². The molecule has 1 heterocycles. The van der Waals surface area contributed by atoms with Gasteiger partial charge in [-0.3, -0.25) is 4.79 Å². The Bertz CT molecular complexity index is 1170. The quantitative estimate of drug-likeness (QED) is 0.471. The molecular formula is C22H23ClN2O5S. The highest BCUT2D eigenvalue weighted by Gasteiger charge is 2.15. The Morgan fingerprint density at radius 1 is 1.06 bits per heavy atom. The Hall–Kier alpha value is -2.81. The fourth-order valence-corrected chi connectivity index (χ4v) is 4.19. The zero-order valence-electron chi connectivity index (χ0n) is 17.1. The number of halogens is 1. The number of carbonyl (C=O) groups is 1. The maximum absolute atomic E-state index is 12.2. The molecule has 0 spiro atoms. The van der Waals surface area contributed by atoms with E-state index in [9.17, 15) is 13.2 Å². The molecule has 31 heavy (non-hydrogen) atoms. The lowest BCUT2D eigenvalue weighted by atomic mass is 10.1. The topological polar surface area (TPSA) is 97.6 Å². The number of nitrogens with one attached hydrogen (secondary N) is 2. The first-order valence-electron chi connectivity index (χ1n) is 9.57. The van der Waals surface area contributed by atoms with Gasteiger partial charge in [0.1, 0.15) is 18.1 Å². The minimum atomic E-state index is -3.71. The van der Waals surface area contributed by atoms with Gasteiger partial charge in [0.25, 0.3) is 5.91 Å². The number of furan rings is 1. The summed E-state index contributed by atoms with van der Waals surface area (Å²) in [7, 11) is -3.71. The zero-order chi connectivity index (χ0) is 22.4. The fourth-order valence-electron chi connectivity index (χ4n) is 2.85. The van der Waals surface area contributed by atoms with E-state index in [1.165, 1.54) is 12.1 Å². The van der Waals surface area contributed by atoms with Gasteiger partial charge in [0, 0.05) is 18.1 Å². The van der Waals surface area contributed by atoms with Crippen LogP contribution in [-0.2, 0) is 16.6 Å². The lowest BCUT2D eigenvalue weighted by Gasteiger charge is -2.08. The van der Waals surface area contributed by atoms with Gasteiger partial charge in [-0.15, -0.1) is 0 Å². The van der Waals surface area contributed by atoms with Gasteiger partial charge in [-0.25, -0.2) is 13.1 Å². The second-order valence-electron chi connectivity index (χ2n) is 6.93. The third-order valence-corrected chi connectivity index (χ3v) is 6.09. The van der Waals surface area contributed by atoms with Gasteiger partial charge < -0.3 is 14.5 Å². The summed E-state index contributed by atoms with van der Waals surface area (Å²) < 4.78 is 38.1. The highest BCUT2D eigenvalue weighted by molar-refractivity contribution is 7.89. The van der Waals surface area contributed by atoms with E-state index in [4.69, 9.17) is 20.8 Å². The number of ether oxygens (including phenoxy) is 1. The Labute approximate surface area is 186 Å². The molecule has 2 N–H and O–H groups in total. The lowest BCUT2D eigenvalue weighted by Crippen LogP contribution is -2.34. The maximum atomic E-state index is 12.2. The molecule has 0 bridgehead atoms. The summed E-state index contributed by atoms with van der Waals surface area (Å²) in [6.45, 7) is 4.27. The molecule has 1 amide bonds. The van der Waals surface area contributed by atoms with Crippen LogP contribution >= 0.6 is 11.6 Å². The molecule has 0 atom stereocenters. The van der Waals surface area contributed by atoms with Gasteiger partial charge in [0.05, 0.1) is 4.90 Å². The highest BCUT2D eigenvalue weighted by atomic mass is 35.5. The van der Waals surface area contributed by atoms with Crippen LogP contribution in [0.3, 0.4) is 0 Å². The molecule has 0 saturated heterocycles. The van der Waals surface area contributed by atoms with Crippen molar-refractivity contribution in [3.05, 3.63) is 82.3 Å². The average Bonchev–Trinajstić information content (AvgIpc) is 3.20. The number of amides is 1. The third-order valence-electron chi connectivity index (χ3n) is 4.39. The zero-order valence-corrected chi connectivity index (χ0v) is 18.7.